The molecule has 1 atom stereocenters. The lowest BCUT2D eigenvalue weighted by Gasteiger charge is -2.10. The van der Waals surface area contributed by atoms with Crippen LogP contribution in [0.1, 0.15) is 27.5 Å². The van der Waals surface area contributed by atoms with Crippen molar-refractivity contribution in [1.29, 1.82) is 5.26 Å². The number of hydrogen-bond donors (Lipinski definition) is 2. The summed E-state index contributed by atoms with van der Waals surface area (Å²) in [7, 11) is 1.88. The highest BCUT2D eigenvalue weighted by Crippen LogP contribution is 2.42. The first-order valence-corrected chi connectivity index (χ1v) is 10.0. The van der Waals surface area contributed by atoms with E-state index in [0.717, 1.165) is 37.3 Å². The van der Waals surface area contributed by atoms with E-state index in [1.165, 1.54) is 0 Å². The van der Waals surface area contributed by atoms with Gasteiger partial charge in [-0.05, 0) is 29.3 Å². The lowest BCUT2D eigenvalue weighted by Crippen LogP contribution is -2.25. The van der Waals surface area contributed by atoms with Gasteiger partial charge in [-0.1, -0.05) is 24.3 Å². The molecule has 2 aromatic heterocycles. The van der Waals surface area contributed by atoms with Crippen molar-refractivity contribution < 1.29 is 4.79 Å². The van der Waals surface area contributed by atoms with E-state index in [1.807, 2.05) is 55.7 Å². The standard InChI is InChI=1S/C22H17N5OS/c1-27-20(21-16(9-23)13-4-2-3-5-19(13)29-21)17(11-25-27)12-6-7-14-15(8-12)18(10-24)26-22(14)28/h2-8,11,18H,10,24H2,1H3,(H,26,28). The van der Waals surface area contributed by atoms with Gasteiger partial charge in [0.15, 0.2) is 0 Å². The highest BCUT2D eigenvalue weighted by molar-refractivity contribution is 7.22. The fourth-order valence-electron chi connectivity index (χ4n) is 3.97. The largest absolute Gasteiger partial charge is 0.344 e. The Morgan fingerprint density at radius 3 is 2.90 bits per heavy atom. The summed E-state index contributed by atoms with van der Waals surface area (Å²) in [6, 6.07) is 15.9. The monoisotopic (exact) mass is 399 g/mol. The molecule has 0 radical (unpaired) electrons. The van der Waals surface area contributed by atoms with Crippen LogP contribution in [0, 0.1) is 11.3 Å². The zero-order valence-electron chi connectivity index (χ0n) is 15.6. The number of hydrogen-bond acceptors (Lipinski definition) is 5. The van der Waals surface area contributed by atoms with Crippen LogP contribution in [0.15, 0.2) is 48.7 Å². The van der Waals surface area contributed by atoms with E-state index in [9.17, 15) is 10.1 Å². The van der Waals surface area contributed by atoms with E-state index in [0.29, 0.717) is 17.7 Å². The molecule has 0 spiro atoms. The van der Waals surface area contributed by atoms with E-state index in [-0.39, 0.29) is 11.9 Å². The number of rotatable bonds is 3. The topological polar surface area (TPSA) is 96.7 Å². The third kappa shape index (κ3) is 2.58. The summed E-state index contributed by atoms with van der Waals surface area (Å²) < 4.78 is 2.87. The normalized spacial score (nSPS) is 15.3. The van der Waals surface area contributed by atoms with Crippen molar-refractivity contribution in [1.82, 2.24) is 15.1 Å². The molecule has 0 aliphatic carbocycles. The Bertz CT molecular complexity index is 1330. The summed E-state index contributed by atoms with van der Waals surface area (Å²) in [6.07, 6.45) is 1.81. The Hall–Kier alpha value is -3.47. The molecule has 4 aromatic rings. The number of nitrogens with two attached hydrogens (primary N) is 1. The lowest BCUT2D eigenvalue weighted by atomic mass is 9.96. The third-order valence-corrected chi connectivity index (χ3v) is 6.56. The second-order valence-electron chi connectivity index (χ2n) is 7.01. The Morgan fingerprint density at radius 1 is 1.28 bits per heavy atom. The van der Waals surface area contributed by atoms with Gasteiger partial charge in [0.25, 0.3) is 5.91 Å². The van der Waals surface area contributed by atoms with Crippen molar-refractivity contribution in [3.8, 4) is 27.8 Å². The molecule has 5 rings (SSSR count). The number of benzene rings is 2. The lowest BCUT2D eigenvalue weighted by molar-refractivity contribution is 0.0957. The summed E-state index contributed by atoms with van der Waals surface area (Å²) >= 11 is 1.59. The Kier molecular flexibility index (Phi) is 3.98. The summed E-state index contributed by atoms with van der Waals surface area (Å²) in [5.74, 6) is -0.0929. The molecule has 3 N–H and O–H groups in total. The van der Waals surface area contributed by atoms with Crippen molar-refractivity contribution >= 4 is 27.3 Å². The zero-order valence-corrected chi connectivity index (χ0v) is 16.5. The molecule has 6 nitrogen and oxygen atoms in total. The Morgan fingerprint density at radius 2 is 2.10 bits per heavy atom. The van der Waals surface area contributed by atoms with Gasteiger partial charge in [-0.25, -0.2) is 0 Å². The highest BCUT2D eigenvalue weighted by atomic mass is 32.1. The first kappa shape index (κ1) is 17.6. The molecule has 1 aliphatic rings. The van der Waals surface area contributed by atoms with Gasteiger partial charge in [0.2, 0.25) is 0 Å². The highest BCUT2D eigenvalue weighted by Gasteiger charge is 2.28. The molecule has 0 fully saturated rings. The second kappa shape index (κ2) is 6.55. The van der Waals surface area contributed by atoms with Crippen molar-refractivity contribution in [2.45, 2.75) is 6.04 Å². The van der Waals surface area contributed by atoms with E-state index >= 15 is 0 Å². The van der Waals surface area contributed by atoms with Gasteiger partial charge < -0.3 is 11.1 Å². The minimum Gasteiger partial charge on any atom is -0.344 e. The average molecular weight is 399 g/mol. The molecular formula is C22H17N5OS. The van der Waals surface area contributed by atoms with Crippen LogP contribution < -0.4 is 11.1 Å². The molecule has 0 saturated carbocycles. The van der Waals surface area contributed by atoms with Gasteiger partial charge in [0.1, 0.15) is 6.07 Å². The van der Waals surface area contributed by atoms with Crippen LogP contribution in [-0.4, -0.2) is 22.2 Å². The van der Waals surface area contributed by atoms with Crippen LogP contribution in [0.2, 0.25) is 0 Å². The summed E-state index contributed by atoms with van der Waals surface area (Å²) in [5, 5.41) is 18.2. The van der Waals surface area contributed by atoms with Crippen molar-refractivity contribution in [3.63, 3.8) is 0 Å². The maximum absolute atomic E-state index is 12.1. The first-order chi connectivity index (χ1) is 14.1. The number of amides is 1. The molecule has 1 aliphatic heterocycles. The molecule has 0 saturated heterocycles. The van der Waals surface area contributed by atoms with E-state index in [4.69, 9.17) is 5.73 Å². The van der Waals surface area contributed by atoms with E-state index < -0.39 is 0 Å². The molecular weight excluding hydrogens is 382 g/mol. The SMILES string of the molecule is Cn1ncc(-c2ccc3c(c2)C(CN)NC3=O)c1-c1sc2ccccc2c1C#N. The van der Waals surface area contributed by atoms with E-state index in [2.05, 4.69) is 16.5 Å². The van der Waals surface area contributed by atoms with Crippen molar-refractivity contribution in [2.24, 2.45) is 12.8 Å². The maximum Gasteiger partial charge on any atom is 0.252 e. The van der Waals surface area contributed by atoms with Crippen LogP contribution in [0.4, 0.5) is 0 Å². The molecule has 3 heterocycles. The molecule has 7 heteroatoms. The van der Waals surface area contributed by atoms with Crippen molar-refractivity contribution in [2.75, 3.05) is 6.54 Å². The molecule has 2 aromatic carbocycles. The number of nitrogens with one attached hydrogen (secondary N) is 1. The quantitative estimate of drug-likeness (QED) is 0.550. The van der Waals surface area contributed by atoms with Crippen LogP contribution in [0.3, 0.4) is 0 Å². The first-order valence-electron chi connectivity index (χ1n) is 9.21. The predicted molar refractivity (Wildman–Crippen MR) is 113 cm³/mol. The average Bonchev–Trinajstić information content (AvgIpc) is 3.40. The summed E-state index contributed by atoms with van der Waals surface area (Å²) in [4.78, 5) is 13.0. The Labute approximate surface area is 171 Å². The smallest absolute Gasteiger partial charge is 0.252 e. The number of nitriles is 1. The number of fused-ring (bicyclic) bond motifs is 2. The minimum absolute atomic E-state index is 0.0929. The van der Waals surface area contributed by atoms with Crippen LogP contribution in [0.25, 0.3) is 31.8 Å². The number of aromatic nitrogens is 2. The number of thiophene rings is 1. The fourth-order valence-corrected chi connectivity index (χ4v) is 5.21. The van der Waals surface area contributed by atoms with Gasteiger partial charge in [0.05, 0.1) is 28.4 Å². The fraction of sp³-hybridized carbons (Fsp3) is 0.136. The molecule has 1 unspecified atom stereocenters. The molecule has 0 bridgehead atoms. The van der Waals surface area contributed by atoms with Gasteiger partial charge in [0, 0.05) is 34.8 Å². The van der Waals surface area contributed by atoms with Crippen LogP contribution in [0.5, 0.6) is 0 Å². The van der Waals surface area contributed by atoms with Gasteiger partial charge in [-0.3, -0.25) is 9.48 Å². The zero-order chi connectivity index (χ0) is 20.1. The maximum atomic E-state index is 12.1. The Balaban J connectivity index is 1.72. The van der Waals surface area contributed by atoms with E-state index in [1.54, 1.807) is 16.0 Å². The summed E-state index contributed by atoms with van der Waals surface area (Å²) in [6.45, 7) is 0.344. The number of aryl methyl sites for hydroxylation is 1. The summed E-state index contributed by atoms with van der Waals surface area (Å²) in [5.41, 5.74) is 10.8. The van der Waals surface area contributed by atoms with Gasteiger partial charge >= 0.3 is 0 Å². The molecule has 142 valence electrons. The number of nitrogens with zero attached hydrogens (tertiary/aromatic N) is 3. The molecule has 1 amide bonds. The number of carbonyl (C=O) groups is 1. The third-order valence-electron chi connectivity index (χ3n) is 5.38. The molecule has 29 heavy (non-hydrogen) atoms. The van der Waals surface area contributed by atoms with Gasteiger partial charge in [-0.15, -0.1) is 11.3 Å². The number of carbonyl (C=O) groups excluding carboxylic acids is 1. The van der Waals surface area contributed by atoms with Crippen LogP contribution in [-0.2, 0) is 7.05 Å². The predicted octanol–water partition coefficient (Wildman–Crippen LogP) is 3.58. The van der Waals surface area contributed by atoms with Crippen molar-refractivity contribution in [3.05, 3.63) is 65.4 Å². The second-order valence-corrected chi connectivity index (χ2v) is 8.06. The van der Waals surface area contributed by atoms with Crippen LogP contribution >= 0.6 is 11.3 Å². The minimum atomic E-state index is -0.184. The van der Waals surface area contributed by atoms with Gasteiger partial charge in [-0.2, -0.15) is 10.4 Å².